The highest BCUT2D eigenvalue weighted by atomic mass is 35.5. The van der Waals surface area contributed by atoms with Crippen molar-refractivity contribution >= 4 is 50.0 Å². The number of piperidine rings is 1. The maximum atomic E-state index is 11.8. The van der Waals surface area contributed by atoms with Crippen molar-refractivity contribution in [2.24, 2.45) is 0 Å². The Morgan fingerprint density at radius 1 is 1.04 bits per heavy atom. The lowest BCUT2D eigenvalue weighted by molar-refractivity contribution is 0.237. The molecule has 0 atom stereocenters. The summed E-state index contributed by atoms with van der Waals surface area (Å²) in [5, 5.41) is 2.79. The zero-order chi connectivity index (χ0) is 18.0. The molecule has 0 amide bonds. The summed E-state index contributed by atoms with van der Waals surface area (Å²) in [4.78, 5) is 18.5. The van der Waals surface area contributed by atoms with Crippen molar-refractivity contribution in [3.63, 3.8) is 0 Å². The van der Waals surface area contributed by atoms with Crippen LogP contribution in [0.1, 0.15) is 19.3 Å². The monoisotopic (exact) mass is 404 g/mol. The number of nitrogens with one attached hydrogen (secondary N) is 1. The summed E-state index contributed by atoms with van der Waals surface area (Å²) in [5.41, 5.74) is 0.380. The summed E-state index contributed by atoms with van der Waals surface area (Å²) in [5.74, 6) is 0.286. The van der Waals surface area contributed by atoms with Crippen LogP contribution in [-0.4, -0.2) is 65.7 Å². The number of fused-ring (bicyclic) bond motifs is 1. The number of aromatic nitrogens is 4. The first kappa shape index (κ1) is 18.5. The number of hydrogen-bond acceptors (Lipinski definition) is 8. The minimum Gasteiger partial charge on any atom is -0.367 e. The summed E-state index contributed by atoms with van der Waals surface area (Å²) in [6, 6.07) is 0. The normalized spacial score (nSPS) is 16.3. The summed E-state index contributed by atoms with van der Waals surface area (Å²) in [7, 11) is -3.60. The van der Waals surface area contributed by atoms with Gasteiger partial charge in [0.1, 0.15) is 0 Å². The molecule has 11 heteroatoms. The highest BCUT2D eigenvalue weighted by Gasteiger charge is 2.19. The van der Waals surface area contributed by atoms with Gasteiger partial charge in [0, 0.05) is 19.3 Å². The molecule has 2 aromatic heterocycles. The maximum Gasteiger partial charge on any atom is 0.250 e. The zero-order valence-electron chi connectivity index (χ0n) is 13.7. The van der Waals surface area contributed by atoms with E-state index in [1.807, 2.05) is 0 Å². The van der Waals surface area contributed by atoms with Gasteiger partial charge in [-0.1, -0.05) is 29.6 Å². The molecule has 0 spiro atoms. The van der Waals surface area contributed by atoms with E-state index >= 15 is 0 Å². The predicted octanol–water partition coefficient (Wildman–Crippen LogP) is 2.03. The van der Waals surface area contributed by atoms with Gasteiger partial charge in [-0.05, 0) is 25.9 Å². The molecule has 1 saturated heterocycles. The summed E-state index contributed by atoms with van der Waals surface area (Å²) in [6.07, 6.45) is 4.71. The van der Waals surface area contributed by atoms with Crippen molar-refractivity contribution < 1.29 is 8.42 Å². The molecule has 1 N–H and O–H groups in total. The molecule has 3 rings (SSSR count). The molecule has 3 heterocycles. The first-order valence-electron chi connectivity index (χ1n) is 7.91. The van der Waals surface area contributed by atoms with E-state index < -0.39 is 9.84 Å². The van der Waals surface area contributed by atoms with Crippen molar-refractivity contribution in [2.75, 3.05) is 37.8 Å². The van der Waals surface area contributed by atoms with Gasteiger partial charge >= 0.3 is 0 Å². The first-order valence-corrected chi connectivity index (χ1v) is 10.6. The molecule has 136 valence electrons. The smallest absolute Gasteiger partial charge is 0.250 e. The quantitative estimate of drug-likeness (QED) is 0.755. The number of sulfone groups is 1. The van der Waals surface area contributed by atoms with Crippen LogP contribution in [0.25, 0.3) is 11.2 Å². The van der Waals surface area contributed by atoms with Crippen LogP contribution in [0.5, 0.6) is 0 Å². The Kier molecular flexibility index (Phi) is 5.57. The number of rotatable bonds is 5. The summed E-state index contributed by atoms with van der Waals surface area (Å²) in [6.45, 7) is 3.57. The van der Waals surface area contributed by atoms with Crippen molar-refractivity contribution in [1.82, 2.24) is 24.8 Å². The van der Waals surface area contributed by atoms with Crippen LogP contribution in [0.15, 0.2) is 5.16 Å². The van der Waals surface area contributed by atoms with Crippen molar-refractivity contribution in [3.8, 4) is 0 Å². The van der Waals surface area contributed by atoms with Crippen molar-refractivity contribution in [3.05, 3.63) is 10.3 Å². The fourth-order valence-corrected chi connectivity index (χ4v) is 3.45. The molecule has 25 heavy (non-hydrogen) atoms. The third-order valence-electron chi connectivity index (χ3n) is 3.93. The molecule has 1 aliphatic rings. The Morgan fingerprint density at radius 2 is 1.72 bits per heavy atom. The number of hydrogen-bond donors (Lipinski definition) is 1. The van der Waals surface area contributed by atoms with Gasteiger partial charge in [-0.15, -0.1) is 0 Å². The standard InChI is InChI=1S/C14H18Cl2N6O2S/c1-25(23,24)14-20-12(17-5-8-22-6-3-2-4-7-22)9-13(21-14)19-11(16)10(15)18-9/h2-8H2,1H3,(H,17,19,20,21). The van der Waals surface area contributed by atoms with Gasteiger partial charge < -0.3 is 10.2 Å². The number of halogens is 2. The highest BCUT2D eigenvalue weighted by molar-refractivity contribution is 7.90. The Bertz CT molecular complexity index is 887. The largest absolute Gasteiger partial charge is 0.367 e. The molecule has 1 aliphatic heterocycles. The molecule has 1 fully saturated rings. The lowest BCUT2D eigenvalue weighted by Gasteiger charge is -2.26. The molecular formula is C14H18Cl2N6O2S. The van der Waals surface area contributed by atoms with E-state index in [0.717, 1.165) is 25.9 Å². The lowest BCUT2D eigenvalue weighted by atomic mass is 10.1. The Hall–Kier alpha value is -1.29. The summed E-state index contributed by atoms with van der Waals surface area (Å²) >= 11 is 11.8. The maximum absolute atomic E-state index is 11.8. The van der Waals surface area contributed by atoms with E-state index in [2.05, 4.69) is 30.2 Å². The Labute approximate surface area is 155 Å². The minimum atomic E-state index is -3.60. The van der Waals surface area contributed by atoms with Crippen LogP contribution in [0, 0.1) is 0 Å². The SMILES string of the molecule is CS(=O)(=O)c1nc(NCCN2CCCCC2)c2nc(Cl)c(Cl)nc2n1. The molecule has 8 nitrogen and oxygen atoms in total. The van der Waals surface area contributed by atoms with Gasteiger partial charge in [-0.3, -0.25) is 0 Å². The van der Waals surface area contributed by atoms with E-state index in [4.69, 9.17) is 23.2 Å². The van der Waals surface area contributed by atoms with Crippen LogP contribution in [0.2, 0.25) is 10.3 Å². The van der Waals surface area contributed by atoms with Gasteiger partial charge in [0.25, 0.3) is 5.16 Å². The molecule has 0 bridgehead atoms. The molecule has 0 aliphatic carbocycles. The zero-order valence-corrected chi connectivity index (χ0v) is 16.0. The highest BCUT2D eigenvalue weighted by Crippen LogP contribution is 2.25. The fourth-order valence-electron chi connectivity index (χ4n) is 2.69. The van der Waals surface area contributed by atoms with E-state index in [9.17, 15) is 8.42 Å². The van der Waals surface area contributed by atoms with Gasteiger partial charge in [-0.2, -0.15) is 9.97 Å². The predicted molar refractivity (Wildman–Crippen MR) is 97.0 cm³/mol. The van der Waals surface area contributed by atoms with Gasteiger partial charge in [0.15, 0.2) is 27.3 Å². The Morgan fingerprint density at radius 3 is 2.40 bits per heavy atom. The second kappa shape index (κ2) is 7.53. The van der Waals surface area contributed by atoms with E-state index in [0.29, 0.717) is 12.1 Å². The lowest BCUT2D eigenvalue weighted by Crippen LogP contribution is -2.33. The molecule has 2 aromatic rings. The fraction of sp³-hybridized carbons (Fsp3) is 0.571. The van der Waals surface area contributed by atoms with Crippen LogP contribution in [-0.2, 0) is 9.84 Å². The third-order valence-corrected chi connectivity index (χ3v) is 5.40. The molecule has 0 aromatic carbocycles. The van der Waals surface area contributed by atoms with Crippen LogP contribution < -0.4 is 5.32 Å². The second-order valence-corrected chi connectivity index (χ2v) is 8.56. The topological polar surface area (TPSA) is 101 Å². The number of likely N-dealkylation sites (tertiary alicyclic amines) is 1. The second-order valence-electron chi connectivity index (χ2n) is 5.93. The Balaban J connectivity index is 1.89. The number of nitrogens with zero attached hydrogens (tertiary/aromatic N) is 5. The van der Waals surface area contributed by atoms with Crippen molar-refractivity contribution in [2.45, 2.75) is 24.4 Å². The van der Waals surface area contributed by atoms with E-state index in [-0.39, 0.29) is 26.9 Å². The number of anilines is 1. The van der Waals surface area contributed by atoms with Crippen molar-refractivity contribution in [1.29, 1.82) is 0 Å². The van der Waals surface area contributed by atoms with Crippen LogP contribution >= 0.6 is 23.2 Å². The van der Waals surface area contributed by atoms with E-state index in [1.165, 1.54) is 19.3 Å². The minimum absolute atomic E-state index is 0.0175. The van der Waals surface area contributed by atoms with Gasteiger partial charge in [0.2, 0.25) is 9.84 Å². The van der Waals surface area contributed by atoms with Crippen LogP contribution in [0.4, 0.5) is 5.82 Å². The third kappa shape index (κ3) is 4.46. The average molecular weight is 405 g/mol. The molecular weight excluding hydrogens is 387 g/mol. The molecule has 0 saturated carbocycles. The molecule has 0 radical (unpaired) electrons. The van der Waals surface area contributed by atoms with Crippen LogP contribution in [0.3, 0.4) is 0 Å². The average Bonchev–Trinajstić information content (AvgIpc) is 2.56. The van der Waals surface area contributed by atoms with Gasteiger partial charge in [0.05, 0.1) is 0 Å². The van der Waals surface area contributed by atoms with Gasteiger partial charge in [-0.25, -0.2) is 18.4 Å². The summed E-state index contributed by atoms with van der Waals surface area (Å²) < 4.78 is 23.7. The molecule has 0 unspecified atom stereocenters. The van der Waals surface area contributed by atoms with E-state index in [1.54, 1.807) is 0 Å². The first-order chi connectivity index (χ1) is 11.8.